The lowest BCUT2D eigenvalue weighted by Gasteiger charge is -2.10. The molecule has 0 saturated carbocycles. The second-order valence-electron chi connectivity index (χ2n) is 3.62. The summed E-state index contributed by atoms with van der Waals surface area (Å²) in [6.45, 7) is 1.85. The van der Waals surface area contributed by atoms with Crippen LogP contribution in [0, 0.1) is 18.6 Å². The Kier molecular flexibility index (Phi) is 2.75. The largest absolute Gasteiger partial charge is 0.467 e. The van der Waals surface area contributed by atoms with Crippen LogP contribution in [0.15, 0.2) is 34.9 Å². The lowest BCUT2D eigenvalue weighted by Crippen LogP contribution is -2.12. The van der Waals surface area contributed by atoms with Gasteiger partial charge in [-0.15, -0.1) is 0 Å². The summed E-state index contributed by atoms with van der Waals surface area (Å²) in [4.78, 5) is 0. The van der Waals surface area contributed by atoms with Gasteiger partial charge >= 0.3 is 0 Å². The molecule has 0 spiro atoms. The third-order valence-corrected chi connectivity index (χ3v) is 2.49. The zero-order valence-electron chi connectivity index (χ0n) is 8.71. The Balaban J connectivity index is 2.38. The summed E-state index contributed by atoms with van der Waals surface area (Å²) in [5, 5.41) is 0. The van der Waals surface area contributed by atoms with Crippen molar-refractivity contribution in [3.8, 4) is 0 Å². The van der Waals surface area contributed by atoms with Crippen molar-refractivity contribution in [3.05, 3.63) is 59.1 Å². The zero-order chi connectivity index (χ0) is 11.7. The molecule has 0 radical (unpaired) electrons. The van der Waals surface area contributed by atoms with Gasteiger partial charge in [-0.2, -0.15) is 0 Å². The molecule has 16 heavy (non-hydrogen) atoms. The molecule has 2 N–H and O–H groups in total. The highest BCUT2D eigenvalue weighted by Crippen LogP contribution is 2.24. The molecular formula is C12H11F2NO. The molecular weight excluding hydrogens is 212 g/mol. The van der Waals surface area contributed by atoms with Gasteiger partial charge in [0, 0.05) is 0 Å². The van der Waals surface area contributed by atoms with Crippen LogP contribution in [0.1, 0.15) is 22.9 Å². The van der Waals surface area contributed by atoms with E-state index in [1.807, 2.05) is 6.92 Å². The first-order valence-electron chi connectivity index (χ1n) is 4.84. The van der Waals surface area contributed by atoms with Crippen molar-refractivity contribution in [2.75, 3.05) is 0 Å². The number of benzene rings is 1. The number of hydrogen-bond acceptors (Lipinski definition) is 2. The molecule has 2 nitrogen and oxygen atoms in total. The SMILES string of the molecule is Cc1ccoc1C(N)c1ccc(F)c(F)c1. The normalized spacial score (nSPS) is 12.8. The van der Waals surface area contributed by atoms with Crippen LogP contribution in [0.5, 0.6) is 0 Å². The predicted octanol–water partition coefficient (Wildman–Crippen LogP) is 2.91. The summed E-state index contributed by atoms with van der Waals surface area (Å²) >= 11 is 0. The Morgan fingerprint density at radius 1 is 1.19 bits per heavy atom. The van der Waals surface area contributed by atoms with Crippen LogP contribution in [-0.4, -0.2) is 0 Å². The third-order valence-electron chi connectivity index (χ3n) is 2.49. The molecule has 1 atom stereocenters. The van der Waals surface area contributed by atoms with Gasteiger partial charge in [-0.3, -0.25) is 0 Å². The maximum atomic E-state index is 13.0. The second kappa shape index (κ2) is 4.06. The first kappa shape index (κ1) is 10.8. The van der Waals surface area contributed by atoms with Crippen LogP contribution in [0.25, 0.3) is 0 Å². The van der Waals surface area contributed by atoms with Crippen molar-refractivity contribution in [3.63, 3.8) is 0 Å². The summed E-state index contributed by atoms with van der Waals surface area (Å²) in [6.07, 6.45) is 1.52. The molecule has 4 heteroatoms. The van der Waals surface area contributed by atoms with Gasteiger partial charge in [-0.1, -0.05) is 6.07 Å². The van der Waals surface area contributed by atoms with E-state index in [1.165, 1.54) is 12.3 Å². The van der Waals surface area contributed by atoms with Crippen molar-refractivity contribution in [1.29, 1.82) is 0 Å². The number of aryl methyl sites for hydroxylation is 1. The Labute approximate surface area is 91.7 Å². The molecule has 2 aromatic rings. The lowest BCUT2D eigenvalue weighted by molar-refractivity contribution is 0.480. The van der Waals surface area contributed by atoms with Gasteiger partial charge < -0.3 is 10.2 Å². The van der Waals surface area contributed by atoms with Crippen LogP contribution in [0.3, 0.4) is 0 Å². The average molecular weight is 223 g/mol. The fourth-order valence-corrected chi connectivity index (χ4v) is 1.56. The fourth-order valence-electron chi connectivity index (χ4n) is 1.56. The summed E-state index contributed by atoms with van der Waals surface area (Å²) in [7, 11) is 0. The molecule has 1 aromatic carbocycles. The van der Waals surface area contributed by atoms with E-state index in [4.69, 9.17) is 10.2 Å². The van der Waals surface area contributed by atoms with E-state index in [0.29, 0.717) is 11.3 Å². The molecule has 2 rings (SSSR count). The highest BCUT2D eigenvalue weighted by atomic mass is 19.2. The van der Waals surface area contributed by atoms with Gasteiger partial charge in [0.2, 0.25) is 0 Å². The Bertz CT molecular complexity index is 507. The molecule has 1 heterocycles. The molecule has 0 aliphatic rings. The molecule has 1 aromatic heterocycles. The molecule has 0 aliphatic heterocycles. The van der Waals surface area contributed by atoms with Crippen LogP contribution >= 0.6 is 0 Å². The van der Waals surface area contributed by atoms with Crippen LogP contribution < -0.4 is 5.73 Å². The topological polar surface area (TPSA) is 39.2 Å². The fraction of sp³-hybridized carbons (Fsp3) is 0.167. The zero-order valence-corrected chi connectivity index (χ0v) is 8.71. The van der Waals surface area contributed by atoms with E-state index >= 15 is 0 Å². The predicted molar refractivity (Wildman–Crippen MR) is 55.8 cm³/mol. The second-order valence-corrected chi connectivity index (χ2v) is 3.62. The number of nitrogens with two attached hydrogens (primary N) is 1. The molecule has 1 unspecified atom stereocenters. The number of hydrogen-bond donors (Lipinski definition) is 1. The Morgan fingerprint density at radius 3 is 2.50 bits per heavy atom. The number of furan rings is 1. The average Bonchev–Trinajstić information content (AvgIpc) is 2.67. The van der Waals surface area contributed by atoms with Gasteiger partial charge in [0.05, 0.1) is 12.3 Å². The smallest absolute Gasteiger partial charge is 0.159 e. The summed E-state index contributed by atoms with van der Waals surface area (Å²) in [5.41, 5.74) is 7.27. The van der Waals surface area contributed by atoms with E-state index in [-0.39, 0.29) is 0 Å². The standard InChI is InChI=1S/C12H11F2NO/c1-7-4-5-16-12(7)11(15)8-2-3-9(13)10(14)6-8/h2-6,11H,15H2,1H3. The van der Waals surface area contributed by atoms with Gasteiger partial charge in [0.25, 0.3) is 0 Å². The number of halogens is 2. The van der Waals surface area contributed by atoms with Gasteiger partial charge in [0.1, 0.15) is 5.76 Å². The Hall–Kier alpha value is -1.68. The molecule has 0 saturated heterocycles. The summed E-state index contributed by atoms with van der Waals surface area (Å²) in [5.74, 6) is -1.23. The molecule has 0 amide bonds. The van der Waals surface area contributed by atoms with Crippen LogP contribution in [-0.2, 0) is 0 Å². The van der Waals surface area contributed by atoms with Gasteiger partial charge in [0.15, 0.2) is 11.6 Å². The first-order chi connectivity index (χ1) is 7.59. The lowest BCUT2D eigenvalue weighted by atomic mass is 10.0. The summed E-state index contributed by atoms with van der Waals surface area (Å²) in [6, 6.07) is 4.79. The van der Waals surface area contributed by atoms with Gasteiger partial charge in [-0.05, 0) is 36.2 Å². The maximum Gasteiger partial charge on any atom is 0.159 e. The van der Waals surface area contributed by atoms with E-state index in [9.17, 15) is 8.78 Å². The van der Waals surface area contributed by atoms with Crippen molar-refractivity contribution in [2.24, 2.45) is 5.73 Å². The highest BCUT2D eigenvalue weighted by molar-refractivity contribution is 5.30. The first-order valence-corrected chi connectivity index (χ1v) is 4.84. The molecule has 0 aliphatic carbocycles. The minimum Gasteiger partial charge on any atom is -0.467 e. The minimum absolute atomic E-state index is 0.483. The highest BCUT2D eigenvalue weighted by Gasteiger charge is 2.16. The quantitative estimate of drug-likeness (QED) is 0.850. The van der Waals surface area contributed by atoms with E-state index in [2.05, 4.69) is 0 Å². The molecule has 0 fully saturated rings. The Morgan fingerprint density at radius 2 is 1.94 bits per heavy atom. The van der Waals surface area contributed by atoms with Crippen LogP contribution in [0.2, 0.25) is 0 Å². The maximum absolute atomic E-state index is 13.0. The van der Waals surface area contributed by atoms with Crippen molar-refractivity contribution < 1.29 is 13.2 Å². The molecule has 0 bridgehead atoms. The van der Waals surface area contributed by atoms with Crippen LogP contribution in [0.4, 0.5) is 8.78 Å². The summed E-state index contributed by atoms with van der Waals surface area (Å²) < 4.78 is 31.0. The van der Waals surface area contributed by atoms with E-state index in [1.54, 1.807) is 6.07 Å². The molecule has 84 valence electrons. The third kappa shape index (κ3) is 1.84. The number of rotatable bonds is 2. The minimum atomic E-state index is -0.905. The monoisotopic (exact) mass is 223 g/mol. The van der Waals surface area contributed by atoms with Gasteiger partial charge in [-0.25, -0.2) is 8.78 Å². The van der Waals surface area contributed by atoms with Crippen molar-refractivity contribution in [2.45, 2.75) is 13.0 Å². The van der Waals surface area contributed by atoms with E-state index < -0.39 is 17.7 Å². The van der Waals surface area contributed by atoms with E-state index in [0.717, 1.165) is 17.7 Å². The van der Waals surface area contributed by atoms with Crippen molar-refractivity contribution >= 4 is 0 Å². The van der Waals surface area contributed by atoms with Crippen molar-refractivity contribution in [1.82, 2.24) is 0 Å².